The lowest BCUT2D eigenvalue weighted by Crippen LogP contribution is -2.43. The smallest absolute Gasteiger partial charge is 0.410 e. The number of amides is 5. The number of ketones is 2. The van der Waals surface area contributed by atoms with E-state index in [0.29, 0.717) is 68.3 Å². The number of fused-ring (bicyclic) bond motifs is 2. The van der Waals surface area contributed by atoms with E-state index in [1.54, 1.807) is 28.3 Å². The van der Waals surface area contributed by atoms with Crippen molar-refractivity contribution in [1.29, 1.82) is 0 Å². The third kappa shape index (κ3) is 17.2. The first-order valence-electron chi connectivity index (χ1n) is 31.0. The highest BCUT2D eigenvalue weighted by molar-refractivity contribution is 5.97. The van der Waals surface area contributed by atoms with E-state index in [4.69, 9.17) is 29.3 Å². The van der Waals surface area contributed by atoms with Crippen LogP contribution in [0.25, 0.3) is 44.1 Å². The predicted octanol–water partition coefficient (Wildman–Crippen LogP) is 12.1. The van der Waals surface area contributed by atoms with Crippen molar-refractivity contribution >= 4 is 75.1 Å². The molecule has 3 saturated heterocycles. The van der Waals surface area contributed by atoms with Crippen molar-refractivity contribution in [3.63, 3.8) is 0 Å². The van der Waals surface area contributed by atoms with Gasteiger partial charge in [-0.1, -0.05) is 67.4 Å². The number of ether oxygens (including phenoxy) is 3. The van der Waals surface area contributed by atoms with Crippen molar-refractivity contribution in [3.8, 4) is 22.3 Å². The molecule has 3 aliphatic heterocycles. The maximum Gasteiger partial charge on any atom is 0.410 e. The van der Waals surface area contributed by atoms with Crippen molar-refractivity contribution < 1.29 is 52.9 Å². The average Bonchev–Trinajstić information content (AvgIpc) is 1.14. The largest absolute Gasteiger partial charge is 0.445 e. The fourth-order valence-corrected chi connectivity index (χ4v) is 11.7. The molecule has 90 heavy (non-hydrogen) atoms. The predicted molar refractivity (Wildman–Crippen MR) is 343 cm³/mol. The van der Waals surface area contributed by atoms with Gasteiger partial charge in [-0.05, 0) is 170 Å². The highest BCUT2D eigenvalue weighted by Gasteiger charge is 2.39. The maximum absolute atomic E-state index is 13.2. The number of benzene rings is 3. The van der Waals surface area contributed by atoms with E-state index in [2.05, 4.69) is 20.6 Å². The first-order valence-corrected chi connectivity index (χ1v) is 31.0. The van der Waals surface area contributed by atoms with Gasteiger partial charge in [0.25, 0.3) is 0 Å². The van der Waals surface area contributed by atoms with Gasteiger partial charge in [-0.2, -0.15) is 0 Å². The van der Waals surface area contributed by atoms with E-state index in [1.807, 2.05) is 151 Å². The number of aliphatic hydroxyl groups excluding tert-OH is 1. The second-order valence-electron chi connectivity index (χ2n) is 25.1. The van der Waals surface area contributed by atoms with Gasteiger partial charge in [0, 0.05) is 78.3 Å². The number of likely N-dealkylation sites (tertiary alicyclic amines) is 3. The first kappa shape index (κ1) is 65.3. The summed E-state index contributed by atoms with van der Waals surface area (Å²) in [6, 6.07) is 34.7. The van der Waals surface area contributed by atoms with Crippen LogP contribution in [0.15, 0.2) is 128 Å². The highest BCUT2D eigenvalue weighted by atomic mass is 16.6. The van der Waals surface area contributed by atoms with Crippen LogP contribution < -0.4 is 10.6 Å². The number of aromatic nitrogens is 4. The zero-order chi connectivity index (χ0) is 64.1. The van der Waals surface area contributed by atoms with E-state index in [9.17, 15) is 33.6 Å². The molecule has 7 heterocycles. The molecule has 20 heteroatoms. The van der Waals surface area contributed by atoms with E-state index in [-0.39, 0.29) is 48.7 Å². The lowest BCUT2D eigenvalue weighted by atomic mass is 10.0. The standard InChI is InChI=1S/C38H41N5O6.C31H36N4O4.CH4O/c1-38(2,3)49-37(47)42-19-7-11-31(42)33(44)22-29-16-13-27-21-26(14-17-30(27)40-29)28-15-18-34(39-23-28)41-35(45)32-12-8-20-43(32)36(46)48-24-25-9-5-4-6-10-25;1-31(2,3)39-30(38)35-16-6-9-26(35)27(36)18-24-13-10-22-17-21(11-14-25(22)33-24)23-12-15-28(32-19-23)34-29(37)20-7-4-5-8-20;1-2/h4-6,9-10,13-18,21,23,31-32H,7-8,11-12,19-20,22,24H2,1-3H3,(H,39,41,45);10-15,17,19-20,26H,4-9,16,18H2,1-3H3,(H,32,34,37);2H,1H3/t31-,32-;26-;/m00./s1. The summed E-state index contributed by atoms with van der Waals surface area (Å²) in [4.78, 5) is 113. The molecule has 11 rings (SSSR count). The van der Waals surface area contributed by atoms with Gasteiger partial charge < -0.3 is 30.0 Å². The Morgan fingerprint density at radius 2 is 0.922 bits per heavy atom. The van der Waals surface area contributed by atoms with Gasteiger partial charge in [-0.3, -0.25) is 43.8 Å². The van der Waals surface area contributed by atoms with Gasteiger partial charge in [0.2, 0.25) is 11.8 Å². The van der Waals surface area contributed by atoms with Crippen LogP contribution in [0.5, 0.6) is 0 Å². The van der Waals surface area contributed by atoms with Crippen molar-refractivity contribution in [2.45, 2.75) is 155 Å². The Labute approximate surface area is 525 Å². The molecule has 0 spiro atoms. The molecule has 4 aromatic heterocycles. The van der Waals surface area contributed by atoms with Crippen molar-refractivity contribution in [1.82, 2.24) is 34.6 Å². The number of anilines is 2. The summed E-state index contributed by atoms with van der Waals surface area (Å²) < 4.78 is 16.5. The van der Waals surface area contributed by atoms with E-state index in [0.717, 1.165) is 95.3 Å². The number of carbonyl (C=O) groups is 7. The fraction of sp³-hybridized carbons (Fsp3) is 0.414. The first-order chi connectivity index (χ1) is 43.2. The van der Waals surface area contributed by atoms with Crippen LogP contribution in [0.4, 0.5) is 26.0 Å². The Hall–Kier alpha value is -9.17. The summed E-state index contributed by atoms with van der Waals surface area (Å²) in [5.74, 6) is 0.751. The Morgan fingerprint density at radius 1 is 0.489 bits per heavy atom. The lowest BCUT2D eigenvalue weighted by Gasteiger charge is -2.28. The van der Waals surface area contributed by atoms with E-state index < -0.39 is 47.6 Å². The molecule has 0 bridgehead atoms. The maximum atomic E-state index is 13.2. The Bertz CT molecular complexity index is 3690. The van der Waals surface area contributed by atoms with Crippen LogP contribution in [0.2, 0.25) is 0 Å². The zero-order valence-electron chi connectivity index (χ0n) is 52.4. The molecule has 3 atom stereocenters. The molecule has 1 aliphatic carbocycles. The van der Waals surface area contributed by atoms with Gasteiger partial charge in [-0.25, -0.2) is 24.4 Å². The van der Waals surface area contributed by atoms with Gasteiger partial charge in [0.05, 0.1) is 36.0 Å². The molecule has 4 fully saturated rings. The number of rotatable bonds is 14. The quantitative estimate of drug-likeness (QED) is 0.0856. The summed E-state index contributed by atoms with van der Waals surface area (Å²) in [6.07, 6.45) is 10.6. The normalized spacial score (nSPS) is 17.4. The molecule has 3 aromatic carbocycles. The van der Waals surface area contributed by atoms with E-state index in [1.165, 1.54) is 4.90 Å². The minimum Gasteiger partial charge on any atom is -0.445 e. The molecule has 3 N–H and O–H groups in total. The van der Waals surface area contributed by atoms with Crippen LogP contribution in [0.1, 0.15) is 123 Å². The number of aliphatic hydroxyl groups is 1. The summed E-state index contributed by atoms with van der Waals surface area (Å²) >= 11 is 0. The van der Waals surface area contributed by atoms with Crippen LogP contribution in [0.3, 0.4) is 0 Å². The average molecular weight is 1220 g/mol. The summed E-state index contributed by atoms with van der Waals surface area (Å²) in [6.45, 7) is 12.6. The van der Waals surface area contributed by atoms with Crippen molar-refractivity contribution in [2.75, 3.05) is 37.4 Å². The summed E-state index contributed by atoms with van der Waals surface area (Å²) in [5, 5.41) is 14.6. The number of hydrogen-bond acceptors (Lipinski definition) is 15. The number of nitrogens with zero attached hydrogens (tertiary/aromatic N) is 7. The molecule has 0 unspecified atom stereocenters. The van der Waals surface area contributed by atoms with E-state index >= 15 is 0 Å². The Balaban J connectivity index is 0.000000213. The molecule has 1 saturated carbocycles. The Kier molecular flexibility index (Phi) is 21.3. The molecule has 4 aliphatic rings. The van der Waals surface area contributed by atoms with Gasteiger partial charge in [-0.15, -0.1) is 0 Å². The fourth-order valence-electron chi connectivity index (χ4n) is 11.7. The topological polar surface area (TPSA) is 253 Å². The summed E-state index contributed by atoms with van der Waals surface area (Å²) in [7, 11) is 1.00. The monoisotopic (exact) mass is 1220 g/mol. The van der Waals surface area contributed by atoms with Crippen LogP contribution in [0, 0.1) is 5.92 Å². The van der Waals surface area contributed by atoms with Crippen molar-refractivity contribution in [2.24, 2.45) is 5.92 Å². The second-order valence-corrected chi connectivity index (χ2v) is 25.1. The molecule has 20 nitrogen and oxygen atoms in total. The highest BCUT2D eigenvalue weighted by Crippen LogP contribution is 2.31. The lowest BCUT2D eigenvalue weighted by molar-refractivity contribution is -0.123. The zero-order valence-corrected chi connectivity index (χ0v) is 52.4. The van der Waals surface area contributed by atoms with Crippen LogP contribution in [-0.2, 0) is 52.8 Å². The number of Topliss-reactive ketones (excluding diaryl/α,β-unsaturated/α-hetero) is 2. The second kappa shape index (κ2) is 29.4. The van der Waals surface area contributed by atoms with Gasteiger partial charge in [0.1, 0.15) is 35.5 Å². The third-order valence-corrected chi connectivity index (χ3v) is 16.1. The number of carbonyl (C=O) groups excluding carboxylic acids is 7. The number of pyridine rings is 4. The van der Waals surface area contributed by atoms with Gasteiger partial charge in [0.15, 0.2) is 11.6 Å². The SMILES string of the molecule is CC(C)(C)OC(=O)N1CCC[C@H]1C(=O)Cc1ccc2cc(-c3ccc(NC(=O)C4CCCC4)nc3)ccc2n1.CC(C)(C)OC(=O)N1CCC[C@H]1C(=O)Cc1ccc2cc(-c3ccc(NC(=O)[C@@H]4CCCN4C(=O)OCc4ccccc4)nc3)ccc2n1.CO. The van der Waals surface area contributed by atoms with Crippen LogP contribution >= 0.6 is 0 Å². The minimum atomic E-state index is -0.626. The molecular weight excluding hydrogens is 1140 g/mol. The number of nitrogens with one attached hydrogen (secondary N) is 2. The third-order valence-electron chi connectivity index (χ3n) is 16.1. The Morgan fingerprint density at radius 3 is 1.37 bits per heavy atom. The number of hydrogen-bond donors (Lipinski definition) is 3. The van der Waals surface area contributed by atoms with Crippen molar-refractivity contribution in [3.05, 3.63) is 145 Å². The molecular formula is C70H81N9O11. The molecule has 472 valence electrons. The molecule has 5 amide bonds. The summed E-state index contributed by atoms with van der Waals surface area (Å²) in [5.41, 5.74) is 6.25. The minimum absolute atomic E-state index is 0.0204. The van der Waals surface area contributed by atoms with Crippen LogP contribution in [-0.4, -0.2) is 137 Å². The molecule has 7 aromatic rings. The molecule has 0 radical (unpaired) electrons. The van der Waals surface area contributed by atoms with Gasteiger partial charge >= 0.3 is 18.3 Å².